The zero-order valence-corrected chi connectivity index (χ0v) is 21.0. The van der Waals surface area contributed by atoms with Gasteiger partial charge in [0.25, 0.3) is 5.91 Å². The van der Waals surface area contributed by atoms with Gasteiger partial charge in [0.05, 0.1) is 12.6 Å². The molecule has 3 saturated heterocycles. The molecule has 0 spiro atoms. The Morgan fingerprint density at radius 2 is 1.83 bits per heavy atom. The number of anilines is 1. The van der Waals surface area contributed by atoms with E-state index in [2.05, 4.69) is 15.1 Å². The monoisotopic (exact) mass is 499 g/mol. The minimum Gasteiger partial charge on any atom is -0.383 e. The van der Waals surface area contributed by atoms with Crippen LogP contribution in [0.3, 0.4) is 0 Å². The minimum atomic E-state index is -1.01. The highest BCUT2D eigenvalue weighted by molar-refractivity contribution is 6.01. The average Bonchev–Trinajstić information content (AvgIpc) is 3.61. The van der Waals surface area contributed by atoms with Crippen molar-refractivity contribution in [2.75, 3.05) is 64.5 Å². The van der Waals surface area contributed by atoms with Crippen LogP contribution >= 0.6 is 0 Å². The minimum absolute atomic E-state index is 0.0132. The van der Waals surface area contributed by atoms with Crippen LogP contribution in [-0.4, -0.2) is 111 Å². The summed E-state index contributed by atoms with van der Waals surface area (Å²) in [5.41, 5.74) is 6.78. The predicted molar refractivity (Wildman–Crippen MR) is 134 cm³/mol. The van der Waals surface area contributed by atoms with Crippen molar-refractivity contribution in [2.45, 2.75) is 49.4 Å². The lowest BCUT2D eigenvalue weighted by Crippen LogP contribution is -2.60. The lowest BCUT2D eigenvalue weighted by molar-refractivity contribution is -0.142. The summed E-state index contributed by atoms with van der Waals surface area (Å²) in [6.45, 7) is 5.74. The number of Topliss-reactive ketones (excluding diaryl/α,β-unsaturated/α-hetero) is 1. The van der Waals surface area contributed by atoms with Gasteiger partial charge in [0.2, 0.25) is 5.91 Å². The summed E-state index contributed by atoms with van der Waals surface area (Å²) in [5.74, 6) is -0.593. The molecule has 10 heteroatoms. The van der Waals surface area contributed by atoms with Gasteiger partial charge in [-0.3, -0.25) is 19.3 Å². The highest BCUT2D eigenvalue weighted by Gasteiger charge is 2.55. The molecule has 1 saturated carbocycles. The van der Waals surface area contributed by atoms with E-state index in [0.29, 0.717) is 18.4 Å². The number of nitrogens with two attached hydrogens (primary N) is 1. The third-order valence-electron chi connectivity index (χ3n) is 8.18. The van der Waals surface area contributed by atoms with Crippen LogP contribution in [0.2, 0.25) is 0 Å². The van der Waals surface area contributed by atoms with Gasteiger partial charge < -0.3 is 30.3 Å². The number of hydrogen-bond acceptors (Lipinski definition) is 8. The Labute approximate surface area is 212 Å². The van der Waals surface area contributed by atoms with Crippen LogP contribution in [-0.2, 0) is 19.1 Å². The molecule has 3 heterocycles. The van der Waals surface area contributed by atoms with E-state index in [4.69, 9.17) is 15.2 Å². The molecule has 196 valence electrons. The van der Waals surface area contributed by atoms with E-state index in [1.54, 1.807) is 12.0 Å². The summed E-state index contributed by atoms with van der Waals surface area (Å²) in [4.78, 5) is 45.7. The fourth-order valence-corrected chi connectivity index (χ4v) is 6.11. The van der Waals surface area contributed by atoms with E-state index < -0.39 is 23.7 Å². The van der Waals surface area contributed by atoms with Gasteiger partial charge in [-0.05, 0) is 37.1 Å². The van der Waals surface area contributed by atoms with Crippen LogP contribution in [0.1, 0.15) is 36.0 Å². The average molecular weight is 500 g/mol. The number of ether oxygens (including phenoxy) is 2. The summed E-state index contributed by atoms with van der Waals surface area (Å²) in [6.07, 6.45) is 2.35. The Bertz CT molecular complexity index is 971. The molecule has 0 bridgehead atoms. The zero-order valence-electron chi connectivity index (χ0n) is 21.0. The summed E-state index contributed by atoms with van der Waals surface area (Å²) in [6, 6.07) is 6.56. The van der Waals surface area contributed by atoms with Crippen molar-refractivity contribution in [3.8, 4) is 0 Å². The Hall–Kier alpha value is -2.53. The maximum absolute atomic E-state index is 13.8. The number of carbonyl (C=O) groups excluding carboxylic acids is 3. The molecule has 1 aromatic carbocycles. The maximum Gasteiger partial charge on any atom is 0.252 e. The molecular formula is C26H37N5O5. The predicted octanol–water partition coefficient (Wildman–Crippen LogP) is 0.00360. The Morgan fingerprint density at radius 3 is 2.50 bits per heavy atom. The molecule has 0 radical (unpaired) electrons. The first-order chi connectivity index (χ1) is 17.4. The van der Waals surface area contributed by atoms with Crippen molar-refractivity contribution in [2.24, 2.45) is 5.73 Å². The van der Waals surface area contributed by atoms with E-state index in [1.807, 2.05) is 24.3 Å². The van der Waals surface area contributed by atoms with Crippen LogP contribution in [0.4, 0.5) is 5.69 Å². The molecule has 3 aliphatic heterocycles. The van der Waals surface area contributed by atoms with E-state index in [0.717, 1.165) is 57.9 Å². The van der Waals surface area contributed by atoms with Gasteiger partial charge in [-0.25, -0.2) is 0 Å². The number of nitrogens with one attached hydrogen (secondary N) is 1. The van der Waals surface area contributed by atoms with Crippen LogP contribution in [0.15, 0.2) is 24.3 Å². The van der Waals surface area contributed by atoms with Crippen LogP contribution in [0, 0.1) is 0 Å². The molecule has 0 unspecified atom stereocenters. The Balaban J connectivity index is 1.24. The number of methoxy groups -OCH3 is 1. The fraction of sp³-hybridized carbons (Fsp3) is 0.654. The van der Waals surface area contributed by atoms with Crippen LogP contribution in [0.5, 0.6) is 0 Å². The zero-order chi connectivity index (χ0) is 25.3. The van der Waals surface area contributed by atoms with Crippen molar-refractivity contribution in [3.05, 3.63) is 29.8 Å². The van der Waals surface area contributed by atoms with Gasteiger partial charge >= 0.3 is 0 Å². The van der Waals surface area contributed by atoms with Gasteiger partial charge in [0, 0.05) is 57.6 Å². The standard InChI is InChI=1S/C26H37N5O5/c1-35-15-14-29-10-12-30(13-11-29)19-6-4-18(5-7-19)24(33)28-26(8-2-3-9-26)25(34)31-16-20(27)23-22(31)21(32)17-36-23/h4-7,20,22-23H,2-3,8-17,27H2,1H3,(H,28,33)/t20-,22-,23-/m1/s1. The third-order valence-corrected chi connectivity index (χ3v) is 8.18. The second-order valence-electron chi connectivity index (χ2n) is 10.4. The second kappa shape index (κ2) is 10.5. The molecule has 1 aliphatic carbocycles. The molecule has 4 fully saturated rings. The van der Waals surface area contributed by atoms with E-state index in [1.165, 1.54) is 0 Å². The number of fused-ring (bicyclic) bond motifs is 1. The van der Waals surface area contributed by atoms with Gasteiger partial charge in [0.1, 0.15) is 24.3 Å². The highest BCUT2D eigenvalue weighted by atomic mass is 16.5. The van der Waals surface area contributed by atoms with Gasteiger partial charge in [-0.1, -0.05) is 12.8 Å². The number of ketones is 1. The Morgan fingerprint density at radius 1 is 1.14 bits per heavy atom. The number of piperazine rings is 1. The smallest absolute Gasteiger partial charge is 0.252 e. The van der Waals surface area contributed by atoms with Crippen molar-refractivity contribution < 1.29 is 23.9 Å². The molecule has 36 heavy (non-hydrogen) atoms. The fourth-order valence-electron chi connectivity index (χ4n) is 6.11. The third kappa shape index (κ3) is 4.74. The molecule has 3 atom stereocenters. The van der Waals surface area contributed by atoms with E-state index in [9.17, 15) is 14.4 Å². The first-order valence-electron chi connectivity index (χ1n) is 13.0. The highest BCUT2D eigenvalue weighted by Crippen LogP contribution is 2.36. The molecule has 1 aromatic rings. The molecule has 5 rings (SSSR count). The second-order valence-corrected chi connectivity index (χ2v) is 10.4. The summed E-state index contributed by atoms with van der Waals surface area (Å²) < 4.78 is 10.7. The topological polar surface area (TPSA) is 117 Å². The number of carbonyl (C=O) groups is 3. The van der Waals surface area contributed by atoms with E-state index >= 15 is 0 Å². The number of likely N-dealkylation sites (tertiary alicyclic amines) is 1. The molecule has 3 N–H and O–H groups in total. The largest absolute Gasteiger partial charge is 0.383 e. The van der Waals surface area contributed by atoms with Gasteiger partial charge in [0.15, 0.2) is 5.78 Å². The van der Waals surface area contributed by atoms with E-state index in [-0.39, 0.29) is 30.7 Å². The molecular weight excluding hydrogens is 462 g/mol. The van der Waals surface area contributed by atoms with Crippen molar-refractivity contribution in [3.63, 3.8) is 0 Å². The van der Waals surface area contributed by atoms with Crippen molar-refractivity contribution in [1.29, 1.82) is 0 Å². The summed E-state index contributed by atoms with van der Waals surface area (Å²) in [7, 11) is 1.72. The van der Waals surface area contributed by atoms with Crippen LogP contribution in [0.25, 0.3) is 0 Å². The normalized spacial score (nSPS) is 27.9. The molecule has 0 aromatic heterocycles. The SMILES string of the molecule is COCCN1CCN(c2ccc(C(=O)NC3(C(=O)N4C[C@@H](N)[C@H]5OCC(=O)[C@H]54)CCCC3)cc2)CC1. The van der Waals surface area contributed by atoms with Gasteiger partial charge in [-0.2, -0.15) is 0 Å². The van der Waals surface area contributed by atoms with Crippen molar-refractivity contribution in [1.82, 2.24) is 15.1 Å². The number of rotatable bonds is 7. The maximum atomic E-state index is 13.8. The lowest BCUT2D eigenvalue weighted by Gasteiger charge is -2.36. The summed E-state index contributed by atoms with van der Waals surface area (Å²) >= 11 is 0. The Kier molecular flexibility index (Phi) is 7.30. The molecule has 2 amide bonds. The van der Waals surface area contributed by atoms with Crippen molar-refractivity contribution >= 4 is 23.3 Å². The number of nitrogens with zero attached hydrogens (tertiary/aromatic N) is 3. The summed E-state index contributed by atoms with van der Waals surface area (Å²) in [5, 5.41) is 3.06. The first-order valence-corrected chi connectivity index (χ1v) is 13.0. The number of benzene rings is 1. The first kappa shape index (κ1) is 25.1. The lowest BCUT2D eigenvalue weighted by atomic mass is 9.93. The number of amides is 2. The quantitative estimate of drug-likeness (QED) is 0.539. The molecule has 10 nitrogen and oxygen atoms in total. The molecule has 4 aliphatic rings. The van der Waals surface area contributed by atoms with Gasteiger partial charge in [-0.15, -0.1) is 0 Å². The van der Waals surface area contributed by atoms with Crippen LogP contribution < -0.4 is 16.0 Å². The number of hydrogen-bond donors (Lipinski definition) is 2.